The summed E-state index contributed by atoms with van der Waals surface area (Å²) in [7, 11) is 0. The lowest BCUT2D eigenvalue weighted by atomic mass is 9.90. The molecule has 0 atom stereocenters. The molecule has 2 aromatic rings. The summed E-state index contributed by atoms with van der Waals surface area (Å²) in [6, 6.07) is 9.50. The summed E-state index contributed by atoms with van der Waals surface area (Å²) >= 11 is 0. The Bertz CT molecular complexity index is 710. The van der Waals surface area contributed by atoms with Crippen LogP contribution in [0, 0.1) is 6.92 Å². The molecule has 0 N–H and O–H groups in total. The van der Waals surface area contributed by atoms with Crippen molar-refractivity contribution < 1.29 is 9.53 Å². The molecule has 1 aliphatic rings. The molecule has 2 heterocycles. The van der Waals surface area contributed by atoms with Crippen LogP contribution in [0.1, 0.15) is 53.1 Å². The van der Waals surface area contributed by atoms with E-state index in [-0.39, 0.29) is 5.91 Å². The molecule has 0 unspecified atom stereocenters. The SMILES string of the molecule is CCOCc1cnc(C)nc1C1CCN(C(=O)c2ccccc2)CC1. The lowest BCUT2D eigenvalue weighted by Gasteiger charge is -2.32. The highest BCUT2D eigenvalue weighted by atomic mass is 16.5. The van der Waals surface area contributed by atoms with Crippen LogP contribution in [0.4, 0.5) is 0 Å². The molecule has 0 bridgehead atoms. The number of amides is 1. The summed E-state index contributed by atoms with van der Waals surface area (Å²) in [6.07, 6.45) is 3.73. The molecule has 1 amide bonds. The fourth-order valence-corrected chi connectivity index (χ4v) is 3.31. The van der Waals surface area contributed by atoms with Crippen molar-refractivity contribution >= 4 is 5.91 Å². The first-order valence-electron chi connectivity index (χ1n) is 8.93. The monoisotopic (exact) mass is 339 g/mol. The number of hydrogen-bond donors (Lipinski definition) is 0. The van der Waals surface area contributed by atoms with Gasteiger partial charge in [0, 0.05) is 42.9 Å². The summed E-state index contributed by atoms with van der Waals surface area (Å²) < 4.78 is 5.56. The van der Waals surface area contributed by atoms with Gasteiger partial charge in [-0.25, -0.2) is 9.97 Å². The van der Waals surface area contributed by atoms with Crippen molar-refractivity contribution in [1.29, 1.82) is 0 Å². The number of benzene rings is 1. The van der Waals surface area contributed by atoms with Crippen LogP contribution in [-0.4, -0.2) is 40.5 Å². The highest BCUT2D eigenvalue weighted by Gasteiger charge is 2.27. The maximum atomic E-state index is 12.6. The second kappa shape index (κ2) is 8.21. The second-order valence-electron chi connectivity index (χ2n) is 6.40. The van der Waals surface area contributed by atoms with E-state index >= 15 is 0 Å². The molecule has 25 heavy (non-hydrogen) atoms. The van der Waals surface area contributed by atoms with Gasteiger partial charge in [-0.05, 0) is 38.8 Å². The molecule has 1 aliphatic heterocycles. The number of aromatic nitrogens is 2. The molecule has 0 spiro atoms. The normalized spacial score (nSPS) is 15.4. The van der Waals surface area contributed by atoms with Crippen molar-refractivity contribution in [2.45, 2.75) is 39.2 Å². The number of rotatable bonds is 5. The Morgan fingerprint density at radius 2 is 1.96 bits per heavy atom. The van der Waals surface area contributed by atoms with Gasteiger partial charge >= 0.3 is 0 Å². The summed E-state index contributed by atoms with van der Waals surface area (Å²) in [5.41, 5.74) is 2.92. The first-order chi connectivity index (χ1) is 12.2. The fourth-order valence-electron chi connectivity index (χ4n) is 3.31. The zero-order valence-corrected chi connectivity index (χ0v) is 14.9. The lowest BCUT2D eigenvalue weighted by molar-refractivity contribution is 0.0710. The molecular formula is C20H25N3O2. The molecule has 0 aliphatic carbocycles. The van der Waals surface area contributed by atoms with Crippen LogP contribution in [0.15, 0.2) is 36.5 Å². The summed E-state index contributed by atoms with van der Waals surface area (Å²) in [6.45, 7) is 6.65. The van der Waals surface area contributed by atoms with Gasteiger partial charge < -0.3 is 9.64 Å². The molecule has 1 aromatic carbocycles. The first-order valence-corrected chi connectivity index (χ1v) is 8.93. The zero-order valence-electron chi connectivity index (χ0n) is 14.9. The van der Waals surface area contributed by atoms with Crippen LogP contribution in [-0.2, 0) is 11.3 Å². The minimum absolute atomic E-state index is 0.118. The maximum absolute atomic E-state index is 12.6. The Kier molecular flexibility index (Phi) is 5.76. The number of ether oxygens (including phenoxy) is 1. The topological polar surface area (TPSA) is 55.3 Å². The fraction of sp³-hybridized carbons (Fsp3) is 0.450. The van der Waals surface area contributed by atoms with E-state index in [1.54, 1.807) is 0 Å². The Morgan fingerprint density at radius 1 is 1.24 bits per heavy atom. The van der Waals surface area contributed by atoms with Crippen LogP contribution < -0.4 is 0 Å². The predicted molar refractivity (Wildman–Crippen MR) is 96.4 cm³/mol. The number of piperidine rings is 1. The van der Waals surface area contributed by atoms with Crippen molar-refractivity contribution in [1.82, 2.24) is 14.9 Å². The smallest absolute Gasteiger partial charge is 0.253 e. The van der Waals surface area contributed by atoms with E-state index in [1.807, 2.05) is 55.3 Å². The maximum Gasteiger partial charge on any atom is 0.253 e. The van der Waals surface area contributed by atoms with Crippen LogP contribution in [0.5, 0.6) is 0 Å². The molecule has 1 saturated heterocycles. The minimum Gasteiger partial charge on any atom is -0.377 e. The average Bonchev–Trinajstić information content (AvgIpc) is 2.67. The third kappa shape index (κ3) is 4.23. The standard InChI is InChI=1S/C20H25N3O2/c1-3-25-14-18-13-21-15(2)22-19(18)16-9-11-23(12-10-16)20(24)17-7-5-4-6-8-17/h4-8,13,16H,3,9-12,14H2,1-2H3. The molecule has 1 fully saturated rings. The average molecular weight is 339 g/mol. The molecule has 5 nitrogen and oxygen atoms in total. The highest BCUT2D eigenvalue weighted by Crippen LogP contribution is 2.30. The third-order valence-electron chi connectivity index (χ3n) is 4.67. The van der Waals surface area contributed by atoms with Crippen molar-refractivity contribution in [2.24, 2.45) is 0 Å². The van der Waals surface area contributed by atoms with Crippen LogP contribution in [0.3, 0.4) is 0 Å². The van der Waals surface area contributed by atoms with E-state index < -0.39 is 0 Å². The van der Waals surface area contributed by atoms with E-state index in [0.29, 0.717) is 19.1 Å². The zero-order chi connectivity index (χ0) is 17.6. The van der Waals surface area contributed by atoms with Gasteiger partial charge in [-0.3, -0.25) is 4.79 Å². The van der Waals surface area contributed by atoms with Gasteiger partial charge in [-0.1, -0.05) is 18.2 Å². The van der Waals surface area contributed by atoms with E-state index in [1.165, 1.54) is 0 Å². The second-order valence-corrected chi connectivity index (χ2v) is 6.40. The summed E-state index contributed by atoms with van der Waals surface area (Å²) in [5, 5.41) is 0. The Hall–Kier alpha value is -2.27. The number of carbonyl (C=O) groups is 1. The Labute approximate surface area is 149 Å². The van der Waals surface area contributed by atoms with Crippen LogP contribution in [0.25, 0.3) is 0 Å². The van der Waals surface area contributed by atoms with Crippen LogP contribution in [0.2, 0.25) is 0 Å². The van der Waals surface area contributed by atoms with Gasteiger partial charge in [-0.2, -0.15) is 0 Å². The van der Waals surface area contributed by atoms with Gasteiger partial charge in [-0.15, -0.1) is 0 Å². The number of aryl methyl sites for hydroxylation is 1. The van der Waals surface area contributed by atoms with Gasteiger partial charge in [0.1, 0.15) is 5.82 Å². The van der Waals surface area contributed by atoms with Crippen molar-refractivity contribution in [2.75, 3.05) is 19.7 Å². The molecule has 132 valence electrons. The lowest BCUT2D eigenvalue weighted by Crippen LogP contribution is -2.38. The molecule has 0 saturated carbocycles. The molecular weight excluding hydrogens is 314 g/mol. The Morgan fingerprint density at radius 3 is 2.64 bits per heavy atom. The van der Waals surface area contributed by atoms with E-state index in [0.717, 1.165) is 48.6 Å². The summed E-state index contributed by atoms with van der Waals surface area (Å²) in [4.78, 5) is 23.5. The largest absolute Gasteiger partial charge is 0.377 e. The van der Waals surface area contributed by atoms with E-state index in [9.17, 15) is 4.79 Å². The van der Waals surface area contributed by atoms with E-state index in [2.05, 4.69) is 9.97 Å². The highest BCUT2D eigenvalue weighted by molar-refractivity contribution is 5.94. The van der Waals surface area contributed by atoms with Crippen molar-refractivity contribution in [3.8, 4) is 0 Å². The molecule has 3 rings (SSSR count). The minimum atomic E-state index is 0.118. The number of nitrogens with zero attached hydrogens (tertiary/aromatic N) is 3. The predicted octanol–water partition coefficient (Wildman–Crippen LogP) is 3.34. The molecule has 1 aromatic heterocycles. The third-order valence-corrected chi connectivity index (χ3v) is 4.67. The van der Waals surface area contributed by atoms with Gasteiger partial charge in [0.05, 0.1) is 12.3 Å². The number of likely N-dealkylation sites (tertiary alicyclic amines) is 1. The van der Waals surface area contributed by atoms with Gasteiger partial charge in [0.25, 0.3) is 5.91 Å². The van der Waals surface area contributed by atoms with Gasteiger partial charge in [0.15, 0.2) is 0 Å². The summed E-state index contributed by atoms with van der Waals surface area (Å²) in [5.74, 6) is 1.27. The van der Waals surface area contributed by atoms with Crippen molar-refractivity contribution in [3.63, 3.8) is 0 Å². The number of hydrogen-bond acceptors (Lipinski definition) is 4. The van der Waals surface area contributed by atoms with Crippen molar-refractivity contribution in [3.05, 3.63) is 59.2 Å². The van der Waals surface area contributed by atoms with Crippen LogP contribution >= 0.6 is 0 Å². The quantitative estimate of drug-likeness (QED) is 0.838. The Balaban J connectivity index is 1.68. The number of carbonyl (C=O) groups excluding carboxylic acids is 1. The van der Waals surface area contributed by atoms with Gasteiger partial charge in [0.2, 0.25) is 0 Å². The molecule has 5 heteroatoms. The van der Waals surface area contributed by atoms with E-state index in [4.69, 9.17) is 4.74 Å². The molecule has 0 radical (unpaired) electrons. The first kappa shape index (κ1) is 17.5.